The molecule has 2 aromatic carbocycles. The van der Waals surface area contributed by atoms with Crippen LogP contribution in [0.3, 0.4) is 0 Å². The molecule has 4 aromatic rings. The van der Waals surface area contributed by atoms with Gasteiger partial charge in [-0.1, -0.05) is 29.3 Å². The number of alkyl halides is 3. The number of nitrogens with zero attached hydrogens (tertiary/aromatic N) is 2. The van der Waals surface area contributed by atoms with Crippen molar-refractivity contribution < 1.29 is 22.7 Å². The number of carbonyl (C=O) groups is 1. The van der Waals surface area contributed by atoms with E-state index < -0.39 is 23.2 Å². The molecule has 0 radical (unpaired) electrons. The predicted octanol–water partition coefficient (Wildman–Crippen LogP) is 7.41. The van der Waals surface area contributed by atoms with Gasteiger partial charge in [-0.3, -0.25) is 4.79 Å². The second kappa shape index (κ2) is 9.59. The van der Waals surface area contributed by atoms with Gasteiger partial charge < -0.3 is 20.4 Å². The van der Waals surface area contributed by atoms with Crippen molar-refractivity contribution in [2.75, 3.05) is 10.6 Å². The monoisotopic (exact) mass is 571 g/mol. The molecule has 0 saturated heterocycles. The molecule has 5 rings (SSSR count). The van der Waals surface area contributed by atoms with Crippen molar-refractivity contribution in [2.45, 2.75) is 32.0 Å². The maximum atomic E-state index is 13.2. The molecule has 3 N–H and O–H groups in total. The van der Waals surface area contributed by atoms with Gasteiger partial charge in [0.05, 0.1) is 37.9 Å². The summed E-state index contributed by atoms with van der Waals surface area (Å²) in [6, 6.07) is 8.60. The molecule has 0 aliphatic carbocycles. The smallest absolute Gasteiger partial charge is 0.417 e. The number of pyridine rings is 1. The third-order valence-electron chi connectivity index (χ3n) is 5.59. The summed E-state index contributed by atoms with van der Waals surface area (Å²) < 4.78 is 44.6. The molecule has 0 atom stereocenters. The van der Waals surface area contributed by atoms with Gasteiger partial charge >= 0.3 is 6.18 Å². The van der Waals surface area contributed by atoms with E-state index in [1.807, 2.05) is 13.8 Å². The van der Waals surface area contributed by atoms with Crippen LogP contribution in [0, 0.1) is 0 Å². The Morgan fingerprint density at radius 3 is 2.49 bits per heavy atom. The number of carbonyl (C=O) groups excluding carboxylic acids is 1. The van der Waals surface area contributed by atoms with E-state index in [0.29, 0.717) is 51.1 Å². The number of amides is 1. The Bertz CT molecular complexity index is 1480. The number of nitrogens with one attached hydrogen (secondary N) is 3. The van der Waals surface area contributed by atoms with Gasteiger partial charge in [-0.05, 0) is 44.2 Å². The van der Waals surface area contributed by atoms with Gasteiger partial charge in [-0.2, -0.15) is 13.2 Å². The molecular weight excluding hydrogens is 554 g/mol. The van der Waals surface area contributed by atoms with Crippen molar-refractivity contribution in [1.82, 2.24) is 15.0 Å². The molecule has 194 valence electrons. The average Bonchev–Trinajstić information content (AvgIpc) is 3.34. The van der Waals surface area contributed by atoms with E-state index >= 15 is 0 Å². The number of imidazole rings is 1. The largest absolute Gasteiger partial charge is 0.486 e. The number of anilines is 3. The summed E-state index contributed by atoms with van der Waals surface area (Å²) >= 11 is 12.5. The van der Waals surface area contributed by atoms with Crippen LogP contribution in [0.4, 0.5) is 30.6 Å². The fourth-order valence-corrected chi connectivity index (χ4v) is 4.49. The Labute approximate surface area is 225 Å². The van der Waals surface area contributed by atoms with Crippen LogP contribution in [0.15, 0.2) is 42.6 Å². The van der Waals surface area contributed by atoms with Gasteiger partial charge in [0.25, 0.3) is 5.91 Å². The molecule has 7 nitrogen and oxygen atoms in total. The highest BCUT2D eigenvalue weighted by atomic mass is 35.5. The Morgan fingerprint density at radius 1 is 1.16 bits per heavy atom. The van der Waals surface area contributed by atoms with Crippen molar-refractivity contribution in [2.24, 2.45) is 0 Å². The number of aromatic amines is 1. The fraction of sp³-hybridized carbons (Fsp3) is 0.208. The lowest BCUT2D eigenvalue weighted by Crippen LogP contribution is -2.25. The number of hydrogen-bond donors (Lipinski definition) is 3. The summed E-state index contributed by atoms with van der Waals surface area (Å²) in [5, 5.41) is 6.42. The highest BCUT2D eigenvalue weighted by molar-refractivity contribution is 6.39. The summed E-state index contributed by atoms with van der Waals surface area (Å²) in [7, 11) is 0. The van der Waals surface area contributed by atoms with Crippen LogP contribution >= 0.6 is 35.6 Å². The lowest BCUT2D eigenvalue weighted by atomic mass is 9.99. The number of ether oxygens (including phenoxy) is 1. The van der Waals surface area contributed by atoms with Gasteiger partial charge in [-0.25, -0.2) is 9.97 Å². The zero-order chi connectivity index (χ0) is 25.8. The van der Waals surface area contributed by atoms with Crippen molar-refractivity contribution >= 4 is 70.0 Å². The first-order valence-corrected chi connectivity index (χ1v) is 11.5. The second-order valence-electron chi connectivity index (χ2n) is 8.86. The van der Waals surface area contributed by atoms with E-state index in [4.69, 9.17) is 27.9 Å². The number of hydrogen-bond acceptors (Lipinski definition) is 5. The Balaban J connectivity index is 0.00000320. The standard InChI is InChI=1S/C24H18Cl2F3N5O2.ClH/c1-23(2)9-13-18-16(31-22(33-18)34-19-14(25)4-3-5-15(19)26)8-12(20(13)36-23)21(35)32-17-7-6-11(10-30-17)24(27,28)29;/h3-8,10H,9H2,1-2H3,(H,30,32,35)(H2,31,33,34);1H. The van der Waals surface area contributed by atoms with Crippen LogP contribution in [0.25, 0.3) is 11.0 Å². The van der Waals surface area contributed by atoms with Gasteiger partial charge in [0.2, 0.25) is 5.95 Å². The minimum absolute atomic E-state index is 0. The average molecular weight is 573 g/mol. The van der Waals surface area contributed by atoms with E-state index in [1.165, 1.54) is 0 Å². The van der Waals surface area contributed by atoms with Crippen LogP contribution in [-0.2, 0) is 12.6 Å². The van der Waals surface area contributed by atoms with E-state index in [0.717, 1.165) is 17.7 Å². The molecule has 1 aliphatic heterocycles. The fourth-order valence-electron chi connectivity index (χ4n) is 4.00. The molecule has 13 heteroatoms. The summed E-state index contributed by atoms with van der Waals surface area (Å²) in [5.74, 6) is 0.0930. The summed E-state index contributed by atoms with van der Waals surface area (Å²) in [4.78, 5) is 24.6. The van der Waals surface area contributed by atoms with Crippen molar-refractivity contribution in [3.05, 3.63) is 69.3 Å². The number of halogens is 6. The molecule has 0 fully saturated rings. The first-order chi connectivity index (χ1) is 16.9. The molecule has 37 heavy (non-hydrogen) atoms. The third kappa shape index (κ3) is 5.27. The number of benzene rings is 2. The number of rotatable bonds is 4. The normalized spacial score (nSPS) is 14.0. The molecule has 0 unspecified atom stereocenters. The highest BCUT2D eigenvalue weighted by Crippen LogP contribution is 2.43. The zero-order valence-corrected chi connectivity index (χ0v) is 21.6. The van der Waals surface area contributed by atoms with Crippen molar-refractivity contribution in [3.8, 4) is 5.75 Å². The number of fused-ring (bicyclic) bond motifs is 3. The van der Waals surface area contributed by atoms with E-state index in [-0.39, 0.29) is 23.8 Å². The first-order valence-electron chi connectivity index (χ1n) is 10.7. The summed E-state index contributed by atoms with van der Waals surface area (Å²) in [6.07, 6.45) is -3.38. The molecular formula is C24H19Cl3F3N5O2. The topological polar surface area (TPSA) is 91.9 Å². The molecule has 3 heterocycles. The maximum absolute atomic E-state index is 13.2. The minimum Gasteiger partial charge on any atom is -0.486 e. The number of aromatic nitrogens is 3. The molecule has 0 bridgehead atoms. The molecule has 2 aromatic heterocycles. The zero-order valence-electron chi connectivity index (χ0n) is 19.3. The quantitative estimate of drug-likeness (QED) is 0.237. The highest BCUT2D eigenvalue weighted by Gasteiger charge is 2.36. The molecule has 1 aliphatic rings. The maximum Gasteiger partial charge on any atom is 0.417 e. The summed E-state index contributed by atoms with van der Waals surface area (Å²) in [6.45, 7) is 3.76. The SMILES string of the molecule is CC1(C)Cc2c(c(C(=O)Nc3ccc(C(F)(F)F)cn3)cc3[nH]c(Nc4c(Cl)cccc4Cl)nc23)O1.Cl. The van der Waals surface area contributed by atoms with E-state index in [2.05, 4.69) is 25.6 Å². The summed E-state index contributed by atoms with van der Waals surface area (Å²) in [5.41, 5.74) is 1.02. The Kier molecular flexibility index (Phi) is 6.96. The lowest BCUT2D eigenvalue weighted by molar-refractivity contribution is -0.137. The minimum atomic E-state index is -4.53. The van der Waals surface area contributed by atoms with Crippen LogP contribution in [0.2, 0.25) is 10.0 Å². The van der Waals surface area contributed by atoms with Crippen molar-refractivity contribution in [3.63, 3.8) is 0 Å². The molecule has 0 spiro atoms. The van der Waals surface area contributed by atoms with Gasteiger partial charge in [-0.15, -0.1) is 12.4 Å². The van der Waals surface area contributed by atoms with Crippen molar-refractivity contribution in [1.29, 1.82) is 0 Å². The van der Waals surface area contributed by atoms with Crippen LogP contribution in [0.5, 0.6) is 5.75 Å². The Morgan fingerprint density at radius 2 is 1.86 bits per heavy atom. The van der Waals surface area contributed by atoms with Crippen LogP contribution in [0.1, 0.15) is 35.3 Å². The Hall–Kier alpha value is -3.21. The second-order valence-corrected chi connectivity index (χ2v) is 9.67. The van der Waals surface area contributed by atoms with E-state index in [1.54, 1.807) is 24.3 Å². The van der Waals surface area contributed by atoms with Gasteiger partial charge in [0.1, 0.15) is 17.2 Å². The lowest BCUT2D eigenvalue weighted by Gasteiger charge is -2.18. The van der Waals surface area contributed by atoms with Crippen LogP contribution in [-0.4, -0.2) is 26.5 Å². The number of para-hydroxylation sites is 1. The first kappa shape index (κ1) is 26.8. The van der Waals surface area contributed by atoms with Crippen LogP contribution < -0.4 is 15.4 Å². The third-order valence-corrected chi connectivity index (χ3v) is 6.22. The number of H-pyrrole nitrogens is 1. The predicted molar refractivity (Wildman–Crippen MR) is 139 cm³/mol. The molecule has 1 amide bonds. The van der Waals surface area contributed by atoms with Gasteiger partial charge in [0, 0.05) is 18.2 Å². The van der Waals surface area contributed by atoms with E-state index in [9.17, 15) is 18.0 Å². The van der Waals surface area contributed by atoms with Gasteiger partial charge in [0.15, 0.2) is 0 Å². The molecule has 0 saturated carbocycles.